The minimum absolute atomic E-state index is 0.0136. The first-order chi connectivity index (χ1) is 11.3. The van der Waals surface area contributed by atoms with Crippen LogP contribution in [-0.2, 0) is 12.7 Å². The van der Waals surface area contributed by atoms with E-state index in [-0.39, 0.29) is 29.3 Å². The molecule has 9 heteroatoms. The molecule has 0 bridgehead atoms. The van der Waals surface area contributed by atoms with Crippen molar-refractivity contribution in [2.45, 2.75) is 12.7 Å². The van der Waals surface area contributed by atoms with E-state index in [2.05, 4.69) is 10.1 Å². The Morgan fingerprint density at radius 1 is 1.29 bits per heavy atom. The summed E-state index contributed by atoms with van der Waals surface area (Å²) in [4.78, 5) is 14.8. The van der Waals surface area contributed by atoms with Gasteiger partial charge in [-0.2, -0.15) is 18.3 Å². The maximum absolute atomic E-state index is 12.7. The van der Waals surface area contributed by atoms with Gasteiger partial charge in [0.15, 0.2) is 5.76 Å². The molecule has 0 aliphatic heterocycles. The molecular weight excluding hydrogens is 327 g/mol. The number of hydrogen-bond donors (Lipinski definition) is 1. The zero-order valence-corrected chi connectivity index (χ0v) is 12.0. The van der Waals surface area contributed by atoms with Gasteiger partial charge in [0, 0.05) is 11.8 Å². The molecule has 0 saturated carbocycles. The topological polar surface area (TPSA) is 81.1 Å². The molecule has 0 atom stereocenters. The number of hydrogen-bond acceptors (Lipinski definition) is 4. The van der Waals surface area contributed by atoms with E-state index in [1.54, 1.807) is 0 Å². The molecule has 24 heavy (non-hydrogen) atoms. The maximum atomic E-state index is 12.7. The quantitative estimate of drug-likeness (QED) is 0.790. The highest BCUT2D eigenvalue weighted by Gasteiger charge is 2.30. The first-order valence-electron chi connectivity index (χ1n) is 6.71. The van der Waals surface area contributed by atoms with E-state index in [1.165, 1.54) is 35.4 Å². The Balaban J connectivity index is 1.81. The van der Waals surface area contributed by atoms with E-state index >= 15 is 0 Å². The monoisotopic (exact) mass is 337 g/mol. The van der Waals surface area contributed by atoms with Crippen molar-refractivity contribution in [3.05, 3.63) is 59.9 Å². The minimum Gasteiger partial charge on any atom is -0.478 e. The number of carboxylic acid groups (broad SMARTS) is 1. The van der Waals surface area contributed by atoms with Gasteiger partial charge < -0.3 is 9.52 Å². The molecule has 2 aromatic heterocycles. The second-order valence-corrected chi connectivity index (χ2v) is 4.93. The Bertz CT molecular complexity index is 883. The zero-order chi connectivity index (χ0) is 17.3. The van der Waals surface area contributed by atoms with E-state index in [9.17, 15) is 18.0 Å². The molecular formula is C15H10F3N3O3. The minimum atomic E-state index is -4.44. The number of carbonyl (C=O) groups is 1. The summed E-state index contributed by atoms with van der Waals surface area (Å²) in [6, 6.07) is 4.71. The van der Waals surface area contributed by atoms with Crippen LogP contribution < -0.4 is 0 Å². The number of aromatic nitrogens is 3. The van der Waals surface area contributed by atoms with Crippen molar-refractivity contribution in [2.24, 2.45) is 0 Å². The lowest BCUT2D eigenvalue weighted by Crippen LogP contribution is -2.04. The molecule has 2 heterocycles. The van der Waals surface area contributed by atoms with Gasteiger partial charge in [0.25, 0.3) is 0 Å². The highest BCUT2D eigenvalue weighted by molar-refractivity contribution is 5.86. The molecule has 0 fully saturated rings. The van der Waals surface area contributed by atoms with Crippen molar-refractivity contribution in [2.75, 3.05) is 0 Å². The number of benzene rings is 1. The van der Waals surface area contributed by atoms with Gasteiger partial charge in [-0.25, -0.2) is 9.78 Å². The van der Waals surface area contributed by atoms with Crippen molar-refractivity contribution in [3.63, 3.8) is 0 Å². The largest absolute Gasteiger partial charge is 0.478 e. The molecule has 1 aromatic carbocycles. The molecule has 3 rings (SSSR count). The van der Waals surface area contributed by atoms with Crippen LogP contribution in [0.1, 0.15) is 21.8 Å². The third-order valence-electron chi connectivity index (χ3n) is 3.21. The van der Waals surface area contributed by atoms with Crippen molar-refractivity contribution in [1.82, 2.24) is 14.8 Å². The van der Waals surface area contributed by atoms with Crippen LogP contribution in [0.15, 0.2) is 47.3 Å². The molecule has 0 amide bonds. The van der Waals surface area contributed by atoms with Crippen molar-refractivity contribution in [3.8, 4) is 11.3 Å². The van der Waals surface area contributed by atoms with E-state index in [1.807, 2.05) is 0 Å². The van der Waals surface area contributed by atoms with Gasteiger partial charge >= 0.3 is 12.1 Å². The fraction of sp³-hybridized carbons (Fsp3) is 0.133. The fourth-order valence-electron chi connectivity index (χ4n) is 2.06. The number of aromatic carboxylic acids is 1. The summed E-state index contributed by atoms with van der Waals surface area (Å²) in [5.41, 5.74) is -0.522. The van der Waals surface area contributed by atoms with Crippen LogP contribution in [-0.4, -0.2) is 25.8 Å². The van der Waals surface area contributed by atoms with Crippen LogP contribution in [0, 0.1) is 0 Å². The molecule has 0 radical (unpaired) electrons. The standard InChI is InChI=1S/C15H10F3N3O3/c16-15(17,18)11-3-1-2-9(4-11)12-6-19-13(24-12)8-21-7-10(5-20-21)14(22)23/h1-7H,8H2,(H,22,23). The average Bonchev–Trinajstić information content (AvgIpc) is 3.16. The van der Waals surface area contributed by atoms with Crippen LogP contribution in [0.3, 0.4) is 0 Å². The second-order valence-electron chi connectivity index (χ2n) is 4.93. The number of alkyl halides is 3. The molecule has 0 aliphatic carbocycles. The molecule has 1 N–H and O–H groups in total. The van der Waals surface area contributed by atoms with Gasteiger partial charge in [0.05, 0.1) is 23.5 Å². The first-order valence-corrected chi connectivity index (χ1v) is 6.71. The predicted octanol–water partition coefficient (Wildman–Crippen LogP) is 3.30. The third-order valence-corrected chi connectivity index (χ3v) is 3.21. The number of oxazole rings is 1. The highest BCUT2D eigenvalue weighted by Crippen LogP contribution is 2.32. The number of carboxylic acids is 1. The first kappa shape index (κ1) is 15.8. The van der Waals surface area contributed by atoms with Gasteiger partial charge in [-0.1, -0.05) is 12.1 Å². The lowest BCUT2D eigenvalue weighted by atomic mass is 10.1. The normalized spacial score (nSPS) is 11.6. The van der Waals surface area contributed by atoms with Crippen molar-refractivity contribution >= 4 is 5.97 Å². The van der Waals surface area contributed by atoms with E-state index in [0.29, 0.717) is 0 Å². The SMILES string of the molecule is O=C(O)c1cnn(Cc2ncc(-c3cccc(C(F)(F)F)c3)o2)c1. The van der Waals surface area contributed by atoms with Gasteiger partial charge in [-0.05, 0) is 12.1 Å². The molecule has 124 valence electrons. The summed E-state index contributed by atoms with van der Waals surface area (Å²) in [6.07, 6.45) is -0.650. The summed E-state index contributed by atoms with van der Waals surface area (Å²) in [7, 11) is 0. The second kappa shape index (κ2) is 5.84. The van der Waals surface area contributed by atoms with Gasteiger partial charge in [0.2, 0.25) is 5.89 Å². The lowest BCUT2D eigenvalue weighted by Gasteiger charge is -2.07. The molecule has 0 saturated heterocycles. The summed E-state index contributed by atoms with van der Waals surface area (Å²) in [5.74, 6) is -0.734. The fourth-order valence-corrected chi connectivity index (χ4v) is 2.06. The van der Waals surface area contributed by atoms with Gasteiger partial charge in [0.1, 0.15) is 6.54 Å². The Hall–Kier alpha value is -3.10. The van der Waals surface area contributed by atoms with E-state index < -0.39 is 17.7 Å². The Labute approximate surface area is 133 Å². The van der Waals surface area contributed by atoms with Crippen LogP contribution in [0.2, 0.25) is 0 Å². The van der Waals surface area contributed by atoms with Crippen LogP contribution in [0.25, 0.3) is 11.3 Å². The van der Waals surface area contributed by atoms with Crippen molar-refractivity contribution in [1.29, 1.82) is 0 Å². The lowest BCUT2D eigenvalue weighted by molar-refractivity contribution is -0.137. The summed E-state index contributed by atoms with van der Waals surface area (Å²) in [5, 5.41) is 12.7. The number of nitrogens with zero attached hydrogens (tertiary/aromatic N) is 3. The van der Waals surface area contributed by atoms with E-state index in [4.69, 9.17) is 9.52 Å². The van der Waals surface area contributed by atoms with Crippen LogP contribution in [0.5, 0.6) is 0 Å². The summed E-state index contributed by atoms with van der Waals surface area (Å²) in [6.45, 7) is 0.0617. The molecule has 0 spiro atoms. The Morgan fingerprint density at radius 2 is 2.08 bits per heavy atom. The predicted molar refractivity (Wildman–Crippen MR) is 75.2 cm³/mol. The van der Waals surface area contributed by atoms with Gasteiger partial charge in [-0.15, -0.1) is 0 Å². The third kappa shape index (κ3) is 3.29. The highest BCUT2D eigenvalue weighted by atomic mass is 19.4. The average molecular weight is 337 g/mol. The maximum Gasteiger partial charge on any atom is 0.416 e. The number of rotatable bonds is 4. The molecule has 6 nitrogen and oxygen atoms in total. The molecule has 3 aromatic rings. The zero-order valence-electron chi connectivity index (χ0n) is 12.0. The molecule has 0 unspecified atom stereocenters. The van der Waals surface area contributed by atoms with Crippen molar-refractivity contribution < 1.29 is 27.5 Å². The number of halogens is 3. The smallest absolute Gasteiger partial charge is 0.416 e. The van der Waals surface area contributed by atoms with Gasteiger partial charge in [-0.3, -0.25) is 4.68 Å². The summed E-state index contributed by atoms with van der Waals surface area (Å²) >= 11 is 0. The van der Waals surface area contributed by atoms with Crippen LogP contribution >= 0.6 is 0 Å². The summed E-state index contributed by atoms with van der Waals surface area (Å²) < 4.78 is 44.9. The Morgan fingerprint density at radius 3 is 2.75 bits per heavy atom. The molecule has 0 aliphatic rings. The van der Waals surface area contributed by atoms with E-state index in [0.717, 1.165) is 12.1 Å². The Kier molecular flexibility index (Phi) is 3.84. The van der Waals surface area contributed by atoms with Crippen LogP contribution in [0.4, 0.5) is 13.2 Å².